The number of carbonyl (C=O) groups excluding carboxylic acids is 2. The van der Waals surface area contributed by atoms with Crippen LogP contribution < -0.4 is 0 Å². The summed E-state index contributed by atoms with van der Waals surface area (Å²) in [6.07, 6.45) is -0.419. The predicted octanol–water partition coefficient (Wildman–Crippen LogP) is 2.56. The zero-order valence-electron chi connectivity index (χ0n) is 11.5. The van der Waals surface area contributed by atoms with E-state index in [-0.39, 0.29) is 36.4 Å². The van der Waals surface area contributed by atoms with Crippen LogP contribution in [0.3, 0.4) is 0 Å². The first-order valence-corrected chi connectivity index (χ1v) is 7.01. The minimum absolute atomic E-state index is 0.190. The van der Waals surface area contributed by atoms with E-state index in [9.17, 15) is 14.0 Å². The summed E-state index contributed by atoms with van der Waals surface area (Å²) < 4.78 is 18.4. The fourth-order valence-electron chi connectivity index (χ4n) is 2.81. The fraction of sp³-hybridized carbons (Fsp3) is 0.176. The summed E-state index contributed by atoms with van der Waals surface area (Å²) in [6.45, 7) is 0.217. The molecule has 2 aliphatic rings. The van der Waals surface area contributed by atoms with Gasteiger partial charge in [-0.05, 0) is 29.8 Å². The number of halogens is 1. The summed E-state index contributed by atoms with van der Waals surface area (Å²) in [5.74, 6) is -0.871. The molecule has 0 saturated carbocycles. The maximum atomic E-state index is 12.9. The molecule has 110 valence electrons. The maximum Gasteiger partial charge on any atom is 0.261 e. The number of benzene rings is 2. The normalized spacial score (nSPS) is 22.9. The Morgan fingerprint density at radius 2 is 1.55 bits per heavy atom. The molecule has 0 radical (unpaired) electrons. The van der Waals surface area contributed by atoms with E-state index in [1.807, 2.05) is 0 Å². The second-order valence-electron chi connectivity index (χ2n) is 5.41. The van der Waals surface area contributed by atoms with Gasteiger partial charge in [-0.3, -0.25) is 14.5 Å². The van der Waals surface area contributed by atoms with Crippen molar-refractivity contribution in [1.82, 2.24) is 4.90 Å². The molecule has 4 rings (SSSR count). The molecule has 5 heteroatoms. The molecule has 1 fully saturated rings. The molecule has 0 aliphatic carbocycles. The molecule has 2 amide bonds. The third kappa shape index (κ3) is 2.02. The number of epoxide rings is 1. The lowest BCUT2D eigenvalue weighted by molar-refractivity contribution is 0.0642. The highest BCUT2D eigenvalue weighted by molar-refractivity contribution is 6.21. The molecule has 0 aromatic heterocycles. The van der Waals surface area contributed by atoms with Gasteiger partial charge in [-0.15, -0.1) is 0 Å². The van der Waals surface area contributed by atoms with Crippen molar-refractivity contribution in [3.05, 3.63) is 71.0 Å². The molecule has 2 aliphatic heterocycles. The Morgan fingerprint density at radius 3 is 2.14 bits per heavy atom. The molecule has 0 spiro atoms. The smallest absolute Gasteiger partial charge is 0.261 e. The zero-order valence-corrected chi connectivity index (χ0v) is 11.5. The van der Waals surface area contributed by atoms with Gasteiger partial charge in [-0.25, -0.2) is 4.39 Å². The number of carbonyl (C=O) groups is 2. The number of nitrogens with zero attached hydrogens (tertiary/aromatic N) is 1. The Hall–Kier alpha value is -2.53. The van der Waals surface area contributed by atoms with Crippen molar-refractivity contribution in [2.45, 2.75) is 12.2 Å². The second-order valence-corrected chi connectivity index (χ2v) is 5.41. The average molecular weight is 297 g/mol. The Balaban J connectivity index is 1.49. The van der Waals surface area contributed by atoms with Gasteiger partial charge in [0.15, 0.2) is 0 Å². The van der Waals surface area contributed by atoms with E-state index in [0.29, 0.717) is 11.1 Å². The van der Waals surface area contributed by atoms with Crippen LogP contribution in [0.4, 0.5) is 4.39 Å². The van der Waals surface area contributed by atoms with E-state index in [1.54, 1.807) is 36.4 Å². The molecule has 22 heavy (non-hydrogen) atoms. The molecule has 2 aromatic rings. The Bertz CT molecular complexity index is 737. The van der Waals surface area contributed by atoms with Gasteiger partial charge in [-0.2, -0.15) is 0 Å². The molecular formula is C17H12FNO3. The number of fused-ring (bicyclic) bond motifs is 1. The zero-order chi connectivity index (χ0) is 15.3. The van der Waals surface area contributed by atoms with Gasteiger partial charge in [0.25, 0.3) is 11.8 Å². The first-order chi connectivity index (χ1) is 10.6. The quantitative estimate of drug-likeness (QED) is 0.646. The first kappa shape index (κ1) is 13.2. The Labute approximate surface area is 126 Å². The van der Waals surface area contributed by atoms with Crippen molar-refractivity contribution in [2.24, 2.45) is 0 Å². The van der Waals surface area contributed by atoms with E-state index < -0.39 is 0 Å². The molecular weight excluding hydrogens is 285 g/mol. The molecule has 0 N–H and O–H groups in total. The van der Waals surface area contributed by atoms with Gasteiger partial charge in [0.2, 0.25) is 0 Å². The lowest BCUT2D eigenvalue weighted by Crippen LogP contribution is -2.33. The first-order valence-electron chi connectivity index (χ1n) is 7.01. The van der Waals surface area contributed by atoms with Gasteiger partial charge >= 0.3 is 0 Å². The van der Waals surface area contributed by atoms with Crippen molar-refractivity contribution in [3.8, 4) is 0 Å². The maximum absolute atomic E-state index is 12.9. The number of hydrogen-bond donors (Lipinski definition) is 0. The summed E-state index contributed by atoms with van der Waals surface area (Å²) in [5, 5.41) is 0. The van der Waals surface area contributed by atoms with Crippen LogP contribution in [0.25, 0.3) is 0 Å². The number of imide groups is 1. The highest BCUT2D eigenvalue weighted by Crippen LogP contribution is 2.40. The van der Waals surface area contributed by atoms with Crippen molar-refractivity contribution in [1.29, 1.82) is 0 Å². The topological polar surface area (TPSA) is 49.9 Å². The van der Waals surface area contributed by atoms with Gasteiger partial charge < -0.3 is 4.74 Å². The number of hydrogen-bond acceptors (Lipinski definition) is 3. The van der Waals surface area contributed by atoms with Crippen molar-refractivity contribution >= 4 is 11.8 Å². The molecule has 0 unspecified atom stereocenters. The van der Waals surface area contributed by atoms with Crippen LogP contribution in [0.1, 0.15) is 32.4 Å². The summed E-state index contributed by atoms with van der Waals surface area (Å²) in [4.78, 5) is 25.7. The van der Waals surface area contributed by atoms with Crippen LogP contribution in [-0.4, -0.2) is 29.4 Å². The van der Waals surface area contributed by atoms with Crippen molar-refractivity contribution in [2.75, 3.05) is 6.54 Å². The van der Waals surface area contributed by atoms with Crippen LogP contribution in [0.2, 0.25) is 0 Å². The third-order valence-electron chi connectivity index (χ3n) is 4.02. The average Bonchev–Trinajstić information content (AvgIpc) is 3.26. The number of amides is 2. The van der Waals surface area contributed by atoms with E-state index in [2.05, 4.69) is 0 Å². The van der Waals surface area contributed by atoms with Crippen molar-refractivity contribution < 1.29 is 18.7 Å². The third-order valence-corrected chi connectivity index (χ3v) is 4.02. The minimum Gasteiger partial charge on any atom is -0.363 e. The van der Waals surface area contributed by atoms with Crippen molar-refractivity contribution in [3.63, 3.8) is 0 Å². The predicted molar refractivity (Wildman–Crippen MR) is 75.8 cm³/mol. The van der Waals surface area contributed by atoms with Gasteiger partial charge in [0.05, 0.1) is 17.7 Å². The van der Waals surface area contributed by atoms with Gasteiger partial charge in [-0.1, -0.05) is 24.3 Å². The van der Waals surface area contributed by atoms with Gasteiger partial charge in [0.1, 0.15) is 18.0 Å². The number of rotatable bonds is 3. The molecule has 4 nitrogen and oxygen atoms in total. The van der Waals surface area contributed by atoms with Crippen LogP contribution >= 0.6 is 0 Å². The standard InChI is InChI=1S/C17H12FNO3/c18-11-7-5-10(6-8-11)15-14(22-15)9-19-16(20)12-3-1-2-4-13(12)17(19)21/h1-8,14-15H,9H2/t14-,15-/m0/s1. The SMILES string of the molecule is O=C1c2ccccc2C(=O)N1C[C@@H]1O[C@H]1c1ccc(F)cc1. The second kappa shape index (κ2) is 4.74. The summed E-state index contributed by atoms with van der Waals surface area (Å²) >= 11 is 0. The molecule has 0 bridgehead atoms. The Kier molecular flexibility index (Phi) is 2.84. The highest BCUT2D eigenvalue weighted by atomic mass is 19.1. The van der Waals surface area contributed by atoms with E-state index >= 15 is 0 Å². The molecule has 2 atom stereocenters. The largest absolute Gasteiger partial charge is 0.363 e. The van der Waals surface area contributed by atoms with Crippen LogP contribution in [-0.2, 0) is 4.74 Å². The highest BCUT2D eigenvalue weighted by Gasteiger charge is 2.45. The minimum atomic E-state index is -0.304. The summed E-state index contributed by atoms with van der Waals surface area (Å²) in [5.41, 5.74) is 1.72. The summed E-state index contributed by atoms with van der Waals surface area (Å²) in [6, 6.07) is 12.8. The van der Waals surface area contributed by atoms with Crippen LogP contribution in [0.15, 0.2) is 48.5 Å². The van der Waals surface area contributed by atoms with Crippen LogP contribution in [0.5, 0.6) is 0 Å². The van der Waals surface area contributed by atoms with Crippen LogP contribution in [0, 0.1) is 5.82 Å². The lowest BCUT2D eigenvalue weighted by Gasteiger charge is -2.11. The number of ether oxygens (including phenoxy) is 1. The van der Waals surface area contributed by atoms with E-state index in [1.165, 1.54) is 17.0 Å². The van der Waals surface area contributed by atoms with E-state index in [4.69, 9.17) is 4.74 Å². The molecule has 2 aromatic carbocycles. The molecule has 1 saturated heterocycles. The lowest BCUT2D eigenvalue weighted by atomic mass is 10.1. The fourth-order valence-corrected chi connectivity index (χ4v) is 2.81. The summed E-state index contributed by atoms with van der Waals surface area (Å²) in [7, 11) is 0. The van der Waals surface area contributed by atoms with E-state index in [0.717, 1.165) is 5.56 Å². The monoisotopic (exact) mass is 297 g/mol. The van der Waals surface area contributed by atoms with Gasteiger partial charge in [0, 0.05) is 0 Å². The molecule has 2 heterocycles. The Morgan fingerprint density at radius 1 is 0.955 bits per heavy atom.